The first-order valence-electron chi connectivity index (χ1n) is 31.3. The van der Waals surface area contributed by atoms with Crippen molar-refractivity contribution in [1.82, 2.24) is 47.9 Å². The van der Waals surface area contributed by atoms with E-state index in [0.717, 1.165) is 6.92 Å². The van der Waals surface area contributed by atoms with Crippen molar-refractivity contribution >= 4 is 82.8 Å². The Morgan fingerprint density at radius 3 is 1.20 bits per heavy atom. The fourth-order valence-corrected chi connectivity index (χ4v) is 9.46. The van der Waals surface area contributed by atoms with Crippen molar-refractivity contribution in [3.63, 3.8) is 0 Å². The van der Waals surface area contributed by atoms with Gasteiger partial charge < -0.3 is 109 Å². The SMILES string of the molecule is CC[C@H](C)[C@H](NC(=O)[C@H](N)Cc1ccc(O)cc1)C(=O)N[C@@H](CC(N)=O)C(=O)N[C@@H](CC(C)C)C(=O)N[C@H](C(=O)N[C@@H](C(=O)N[C@@H](CCCN=C(N)N)C(=O)N[C@@H](CCC(N)=O)C(=O)N[C@@H](CCCN=C(N)N)C(=O)N[C@H](Cc1ccc(O)cc1)C(N)=O)[C@@H](C)O)[C@@H](C)CC. The number of benzene rings is 2. The minimum atomic E-state index is -1.87. The van der Waals surface area contributed by atoms with E-state index in [-0.39, 0.29) is 93.8 Å². The second-order valence-corrected chi connectivity index (χ2v) is 23.8. The maximum absolute atomic E-state index is 14.4. The molecule has 0 radical (unpaired) electrons. The molecule has 0 aliphatic carbocycles. The number of phenolic OH excluding ortho intramolecular Hbond substituents is 2. The van der Waals surface area contributed by atoms with Gasteiger partial charge in [0.15, 0.2) is 11.9 Å². The third-order valence-electron chi connectivity index (χ3n) is 15.3. The van der Waals surface area contributed by atoms with Crippen LogP contribution in [0.4, 0.5) is 0 Å². The minimum Gasteiger partial charge on any atom is -0.508 e. The van der Waals surface area contributed by atoms with Gasteiger partial charge in [0.1, 0.15) is 65.9 Å². The highest BCUT2D eigenvalue weighted by molar-refractivity contribution is 6.00. The summed E-state index contributed by atoms with van der Waals surface area (Å²) in [5, 5.41) is 53.2. The fraction of sp³-hybridized carbons (Fsp3) is 0.574. The van der Waals surface area contributed by atoms with E-state index in [9.17, 15) is 72.9 Å². The molecule has 0 heterocycles. The second-order valence-electron chi connectivity index (χ2n) is 23.8. The molecule has 95 heavy (non-hydrogen) atoms. The fourth-order valence-electron chi connectivity index (χ4n) is 9.46. The number of hydrogen-bond acceptors (Lipinski definition) is 18. The minimum absolute atomic E-state index is 0.00262. The number of phenols is 2. The molecule has 528 valence electrons. The first-order valence-corrected chi connectivity index (χ1v) is 31.3. The maximum Gasteiger partial charge on any atom is 0.245 e. The number of nitrogens with two attached hydrogens (primary N) is 8. The highest BCUT2D eigenvalue weighted by Gasteiger charge is 2.39. The zero-order valence-corrected chi connectivity index (χ0v) is 54.9. The molecule has 0 unspecified atom stereocenters. The van der Waals surface area contributed by atoms with Gasteiger partial charge in [-0.05, 0) is 105 Å². The first kappa shape index (κ1) is 81.2. The molecule has 0 aliphatic heterocycles. The summed E-state index contributed by atoms with van der Waals surface area (Å²) in [5.74, 6) is -13.8. The molecular formula is C61H99N19O15. The molecule has 0 bridgehead atoms. The van der Waals surface area contributed by atoms with Crippen LogP contribution in [0.25, 0.3) is 0 Å². The molecule has 34 heteroatoms. The molecule has 0 aliphatic rings. The van der Waals surface area contributed by atoms with Crippen LogP contribution in [0, 0.1) is 17.8 Å². The maximum atomic E-state index is 14.4. The molecule has 2 aromatic carbocycles. The molecule has 28 N–H and O–H groups in total. The van der Waals surface area contributed by atoms with Crippen LogP contribution in [-0.4, -0.2) is 178 Å². The van der Waals surface area contributed by atoms with Crippen molar-refractivity contribution in [1.29, 1.82) is 0 Å². The van der Waals surface area contributed by atoms with Crippen molar-refractivity contribution in [3.8, 4) is 11.5 Å². The van der Waals surface area contributed by atoms with Crippen LogP contribution >= 0.6 is 0 Å². The van der Waals surface area contributed by atoms with Crippen LogP contribution in [0.5, 0.6) is 11.5 Å². The Balaban J connectivity index is 2.49. The van der Waals surface area contributed by atoms with Crippen LogP contribution in [-0.2, 0) is 70.4 Å². The van der Waals surface area contributed by atoms with E-state index in [2.05, 4.69) is 57.8 Å². The van der Waals surface area contributed by atoms with Gasteiger partial charge in [0, 0.05) is 25.9 Å². The summed E-state index contributed by atoms with van der Waals surface area (Å²) in [5.41, 5.74) is 46.0. The van der Waals surface area contributed by atoms with Gasteiger partial charge in [0.2, 0.25) is 70.9 Å². The number of amides is 12. The number of rotatable bonds is 43. The summed E-state index contributed by atoms with van der Waals surface area (Å²) in [6.45, 7) is 11.2. The van der Waals surface area contributed by atoms with Crippen molar-refractivity contribution in [3.05, 3.63) is 59.7 Å². The molecule has 2 rings (SSSR count). The number of aromatic hydroxyl groups is 2. The Kier molecular flexibility index (Phi) is 35.0. The van der Waals surface area contributed by atoms with Crippen molar-refractivity contribution in [2.45, 2.75) is 192 Å². The van der Waals surface area contributed by atoms with E-state index in [1.165, 1.54) is 36.4 Å². The number of aliphatic hydroxyl groups is 1. The summed E-state index contributed by atoms with van der Waals surface area (Å²) < 4.78 is 0. The third kappa shape index (κ3) is 30.2. The molecule has 0 aromatic heterocycles. The molecule has 2 aromatic rings. The lowest BCUT2D eigenvalue weighted by molar-refractivity contribution is -0.138. The van der Waals surface area contributed by atoms with Gasteiger partial charge in [-0.3, -0.25) is 67.5 Å². The lowest BCUT2D eigenvalue weighted by atomic mass is 9.95. The number of aliphatic hydroxyl groups excluding tert-OH is 1. The number of nitrogens with zero attached hydrogens (tertiary/aromatic N) is 2. The van der Waals surface area contributed by atoms with E-state index >= 15 is 0 Å². The third-order valence-corrected chi connectivity index (χ3v) is 15.3. The number of nitrogens with one attached hydrogen (secondary N) is 9. The van der Waals surface area contributed by atoms with Crippen molar-refractivity contribution in [2.75, 3.05) is 13.1 Å². The van der Waals surface area contributed by atoms with Crippen LogP contribution in [0.2, 0.25) is 0 Å². The van der Waals surface area contributed by atoms with E-state index < -0.39 is 169 Å². The quantitative estimate of drug-likeness (QED) is 0.0168. The summed E-state index contributed by atoms with van der Waals surface area (Å²) >= 11 is 0. The monoisotopic (exact) mass is 1340 g/mol. The lowest BCUT2D eigenvalue weighted by Gasteiger charge is -2.31. The predicted octanol–water partition coefficient (Wildman–Crippen LogP) is -5.17. The Labute approximate surface area is 551 Å². The van der Waals surface area contributed by atoms with E-state index in [4.69, 9.17) is 45.9 Å². The molecular weight excluding hydrogens is 1240 g/mol. The zero-order valence-electron chi connectivity index (χ0n) is 54.9. The average molecular weight is 1340 g/mol. The first-order chi connectivity index (χ1) is 44.6. The van der Waals surface area contributed by atoms with Gasteiger partial charge in [-0.25, -0.2) is 0 Å². The van der Waals surface area contributed by atoms with Gasteiger partial charge >= 0.3 is 0 Å². The lowest BCUT2D eigenvalue weighted by Crippen LogP contribution is -2.63. The van der Waals surface area contributed by atoms with E-state index in [0.29, 0.717) is 17.5 Å². The van der Waals surface area contributed by atoms with Gasteiger partial charge in [0.25, 0.3) is 0 Å². The van der Waals surface area contributed by atoms with Gasteiger partial charge in [-0.1, -0.05) is 78.6 Å². The van der Waals surface area contributed by atoms with E-state index in [1.807, 2.05) is 0 Å². The Morgan fingerprint density at radius 2 is 0.789 bits per heavy atom. The standard InChI is InChI=1S/C61H99N19O15/c1-8-31(5)47(78-51(87)38(62)27-34-14-18-36(82)19-15-34)57(93)77-44(29-46(64)85)55(91)76-43(26-30(3)4)56(92)79-48(32(6)9-2)58(94)80-49(33(7)81)59(95)74-40(13-11-25-71-61(68)69)52(88)73-41(22-23-45(63)84)54(90)72-39(12-10-24-70-60(66)67)53(89)75-42(50(65)86)28-35-16-20-37(83)21-17-35/h14-21,30-33,38-44,47-49,81-83H,8-13,22-29,62H2,1-7H3,(H2,63,84)(H2,64,85)(H2,65,86)(H,72,90)(H,73,88)(H,74,95)(H,75,89)(H,76,91)(H,77,93)(H,78,87)(H,79,92)(H,80,94)(H4,66,67,70)(H4,68,69,71)/t31-,32-,33+,38+,39-,40-,41-,42+,43-,44-,47-,48-,49+/m0/s1. The van der Waals surface area contributed by atoms with Crippen LogP contribution in [0.3, 0.4) is 0 Å². The van der Waals surface area contributed by atoms with Crippen molar-refractivity contribution < 1.29 is 72.9 Å². The topological polar surface area (TPSA) is 607 Å². The second kappa shape index (κ2) is 41.0. The number of hydrogen-bond donors (Lipinski definition) is 20. The summed E-state index contributed by atoms with van der Waals surface area (Å²) in [4.78, 5) is 172. The molecule has 0 fully saturated rings. The van der Waals surface area contributed by atoms with Crippen molar-refractivity contribution in [2.24, 2.45) is 73.6 Å². The summed E-state index contributed by atoms with van der Waals surface area (Å²) in [6, 6.07) is -3.30. The smallest absolute Gasteiger partial charge is 0.245 e. The van der Waals surface area contributed by atoms with Crippen LogP contribution in [0.15, 0.2) is 58.5 Å². The molecule has 34 nitrogen and oxygen atoms in total. The Bertz CT molecular complexity index is 2980. The highest BCUT2D eigenvalue weighted by atomic mass is 16.3. The Morgan fingerprint density at radius 1 is 0.432 bits per heavy atom. The molecule has 12 amide bonds. The highest BCUT2D eigenvalue weighted by Crippen LogP contribution is 2.17. The molecule has 13 atom stereocenters. The van der Waals surface area contributed by atoms with Gasteiger partial charge in [0.05, 0.1) is 18.6 Å². The predicted molar refractivity (Wildman–Crippen MR) is 350 cm³/mol. The van der Waals surface area contributed by atoms with Gasteiger partial charge in [-0.2, -0.15) is 0 Å². The molecule has 0 saturated carbocycles. The largest absolute Gasteiger partial charge is 0.508 e. The van der Waals surface area contributed by atoms with Gasteiger partial charge in [-0.15, -0.1) is 0 Å². The summed E-state index contributed by atoms with van der Waals surface area (Å²) in [7, 11) is 0. The number of aliphatic imine (C=N–C) groups is 2. The van der Waals surface area contributed by atoms with E-state index in [1.54, 1.807) is 53.7 Å². The zero-order chi connectivity index (χ0) is 71.8. The number of primary amides is 3. The number of carbonyl (C=O) groups excluding carboxylic acids is 12. The number of carbonyl (C=O) groups is 12. The number of guanidine groups is 2. The molecule has 0 spiro atoms. The summed E-state index contributed by atoms with van der Waals surface area (Å²) in [6.07, 6.45) is -3.34. The van der Waals surface area contributed by atoms with Crippen LogP contribution in [0.1, 0.15) is 124 Å². The Hall–Kier alpha value is -9.86. The molecule has 0 saturated heterocycles. The normalized spacial score (nSPS) is 15.2. The average Bonchev–Trinajstić information content (AvgIpc) is 0.886. The van der Waals surface area contributed by atoms with Crippen LogP contribution < -0.4 is 93.7 Å².